The van der Waals surface area contributed by atoms with Crippen molar-refractivity contribution < 1.29 is 29.6 Å². The van der Waals surface area contributed by atoms with E-state index < -0.39 is 51.8 Å². The van der Waals surface area contributed by atoms with Gasteiger partial charge in [-0.3, -0.25) is 9.59 Å². The van der Waals surface area contributed by atoms with Gasteiger partial charge in [-0.2, -0.15) is 0 Å². The van der Waals surface area contributed by atoms with Crippen LogP contribution >= 0.6 is 0 Å². The fourth-order valence-corrected chi connectivity index (χ4v) is 9.02. The summed E-state index contributed by atoms with van der Waals surface area (Å²) in [6.07, 6.45) is 12.2. The first-order chi connectivity index (χ1) is 20.3. The molecule has 1 aromatic rings. The van der Waals surface area contributed by atoms with E-state index in [2.05, 4.69) is 38.1 Å². The Balaban J connectivity index is 1.19. The van der Waals surface area contributed by atoms with Gasteiger partial charge >= 0.3 is 5.97 Å². The summed E-state index contributed by atoms with van der Waals surface area (Å²) in [7, 11) is 0. The minimum atomic E-state index is -1.80. The Hall–Kier alpha value is -2.32. The molecule has 4 aliphatic carbocycles. The maximum atomic E-state index is 13.4. The summed E-state index contributed by atoms with van der Waals surface area (Å²) in [5.74, 6) is -2.73. The lowest BCUT2D eigenvalue weighted by Gasteiger charge is -2.50. The predicted octanol–water partition coefficient (Wildman–Crippen LogP) is 4.81. The van der Waals surface area contributed by atoms with Crippen LogP contribution in [0.4, 0.5) is 0 Å². The molecule has 7 nitrogen and oxygen atoms in total. The van der Waals surface area contributed by atoms with E-state index in [9.17, 15) is 24.9 Å². The van der Waals surface area contributed by atoms with Crippen molar-refractivity contribution >= 4 is 11.8 Å². The SMILES string of the molecule is CC1=C[C@H]2[C@@]3(O)[C@H](C)C[C@]4(OC(=O)[C@@H](N)CCCCCCCCc5ccccc5)[C@H]([C@@H]3C=C(CO)C[C@]2(O)C1=O)C4(C)C. The summed E-state index contributed by atoms with van der Waals surface area (Å²) < 4.78 is 6.32. The normalized spacial score (nSPS) is 36.4. The Morgan fingerprint density at radius 3 is 2.37 bits per heavy atom. The van der Waals surface area contributed by atoms with Crippen molar-refractivity contribution in [2.45, 2.75) is 115 Å². The van der Waals surface area contributed by atoms with E-state index in [0.29, 0.717) is 24.0 Å². The van der Waals surface area contributed by atoms with E-state index in [0.717, 1.165) is 25.7 Å². The molecule has 0 bridgehead atoms. The molecular formula is C36H51NO6. The number of unbranched alkanes of at least 4 members (excludes halogenated alkanes) is 5. The van der Waals surface area contributed by atoms with Crippen LogP contribution in [-0.2, 0) is 20.7 Å². The smallest absolute Gasteiger partial charge is 0.323 e. The van der Waals surface area contributed by atoms with Gasteiger partial charge in [0.05, 0.1) is 12.2 Å². The molecule has 0 amide bonds. The van der Waals surface area contributed by atoms with Crippen molar-refractivity contribution in [3.8, 4) is 0 Å². The second-order valence-corrected chi connectivity index (χ2v) is 14.5. The van der Waals surface area contributed by atoms with Crippen LogP contribution in [-0.4, -0.2) is 56.5 Å². The molecule has 2 saturated carbocycles. The molecule has 0 saturated heterocycles. The average molecular weight is 594 g/mol. The van der Waals surface area contributed by atoms with E-state index >= 15 is 0 Å². The third-order valence-electron chi connectivity index (χ3n) is 11.5. The van der Waals surface area contributed by atoms with Crippen molar-refractivity contribution in [2.24, 2.45) is 34.8 Å². The van der Waals surface area contributed by atoms with Gasteiger partial charge in [-0.15, -0.1) is 0 Å². The number of carbonyl (C=O) groups excluding carboxylic acids is 2. The monoisotopic (exact) mass is 593 g/mol. The van der Waals surface area contributed by atoms with Crippen LogP contribution in [0.15, 0.2) is 53.6 Å². The molecule has 0 radical (unpaired) electrons. The molecule has 0 heterocycles. The Morgan fingerprint density at radius 2 is 1.70 bits per heavy atom. The number of Topliss-reactive ketones (excluding diaryl/α,β-unsaturated/α-hetero) is 1. The summed E-state index contributed by atoms with van der Waals surface area (Å²) in [6.45, 7) is 7.37. The fraction of sp³-hybridized carbons (Fsp3) is 0.667. The number of fused-ring (bicyclic) bond motifs is 5. The maximum Gasteiger partial charge on any atom is 0.323 e. The predicted molar refractivity (Wildman–Crippen MR) is 166 cm³/mol. The fourth-order valence-electron chi connectivity index (χ4n) is 9.02. The molecule has 5 N–H and O–H groups in total. The Labute approximate surface area is 256 Å². The van der Waals surface area contributed by atoms with Gasteiger partial charge in [0.15, 0.2) is 5.78 Å². The highest BCUT2D eigenvalue weighted by Crippen LogP contribution is 2.76. The molecule has 7 heteroatoms. The number of aryl methyl sites for hydroxylation is 1. The highest BCUT2D eigenvalue weighted by atomic mass is 16.6. The highest BCUT2D eigenvalue weighted by molar-refractivity contribution is 6.04. The molecule has 43 heavy (non-hydrogen) atoms. The number of ether oxygens (including phenoxy) is 1. The van der Waals surface area contributed by atoms with Gasteiger partial charge in [-0.25, -0.2) is 0 Å². The number of carbonyl (C=O) groups is 2. The Kier molecular flexibility index (Phi) is 8.87. The van der Waals surface area contributed by atoms with Gasteiger partial charge in [-0.05, 0) is 55.2 Å². The van der Waals surface area contributed by atoms with E-state index in [1.807, 2.05) is 19.1 Å². The second-order valence-electron chi connectivity index (χ2n) is 14.5. The van der Waals surface area contributed by atoms with Gasteiger partial charge in [0.25, 0.3) is 0 Å². The van der Waals surface area contributed by atoms with Crippen LogP contribution < -0.4 is 5.73 Å². The quantitative estimate of drug-likeness (QED) is 0.155. The van der Waals surface area contributed by atoms with Crippen molar-refractivity contribution in [3.63, 3.8) is 0 Å². The third-order valence-corrected chi connectivity index (χ3v) is 11.5. The summed E-state index contributed by atoms with van der Waals surface area (Å²) in [6, 6.07) is 9.86. The van der Waals surface area contributed by atoms with Crippen LogP contribution in [0.25, 0.3) is 0 Å². The number of hydrogen-bond donors (Lipinski definition) is 4. The number of aliphatic hydroxyl groups is 3. The summed E-state index contributed by atoms with van der Waals surface area (Å²) in [5.41, 5.74) is 4.21. The van der Waals surface area contributed by atoms with E-state index in [-0.39, 0.29) is 24.9 Å². The molecule has 236 valence electrons. The highest BCUT2D eigenvalue weighted by Gasteiger charge is 2.83. The van der Waals surface area contributed by atoms with E-state index in [1.165, 1.54) is 24.8 Å². The first-order valence-electron chi connectivity index (χ1n) is 16.3. The number of ketones is 1. The molecule has 8 atom stereocenters. The number of rotatable bonds is 12. The number of esters is 1. The number of aliphatic hydroxyl groups excluding tert-OH is 1. The van der Waals surface area contributed by atoms with Crippen molar-refractivity contribution in [1.29, 1.82) is 0 Å². The van der Waals surface area contributed by atoms with Crippen LogP contribution in [0, 0.1) is 29.1 Å². The second kappa shape index (κ2) is 11.9. The average Bonchev–Trinajstić information content (AvgIpc) is 3.38. The molecule has 2 fully saturated rings. The van der Waals surface area contributed by atoms with E-state index in [1.54, 1.807) is 13.0 Å². The van der Waals surface area contributed by atoms with Crippen LogP contribution in [0.1, 0.15) is 91.0 Å². The van der Waals surface area contributed by atoms with Gasteiger partial charge in [0.2, 0.25) is 0 Å². The topological polar surface area (TPSA) is 130 Å². The van der Waals surface area contributed by atoms with Gasteiger partial charge in [0, 0.05) is 29.6 Å². The summed E-state index contributed by atoms with van der Waals surface area (Å²) >= 11 is 0. The first-order valence-corrected chi connectivity index (χ1v) is 16.3. The number of hydrogen-bond acceptors (Lipinski definition) is 7. The van der Waals surface area contributed by atoms with Gasteiger partial charge in [-0.1, -0.05) is 95.4 Å². The first kappa shape index (κ1) is 32.1. The van der Waals surface area contributed by atoms with Gasteiger partial charge < -0.3 is 25.8 Å². The summed E-state index contributed by atoms with van der Waals surface area (Å²) in [4.78, 5) is 26.5. The lowest BCUT2D eigenvalue weighted by molar-refractivity contribution is -0.187. The largest absolute Gasteiger partial charge is 0.457 e. The maximum absolute atomic E-state index is 13.4. The van der Waals surface area contributed by atoms with Crippen molar-refractivity contribution in [1.82, 2.24) is 0 Å². The summed E-state index contributed by atoms with van der Waals surface area (Å²) in [5, 5.41) is 34.3. The van der Waals surface area contributed by atoms with Crippen LogP contribution in [0.2, 0.25) is 0 Å². The standard InChI is InChI=1S/C36H51NO6/c1-23-18-29-34(41,31(23)39)21-26(22-38)19-27-30-33(3,4)35(30,20-24(2)36(27,29)42)43-32(40)28(37)17-13-8-6-5-7-10-14-25-15-11-9-12-16-25/h9,11-12,15-16,18-19,24,27-30,38,41-42H,5-8,10,13-14,17,20-22,37H2,1-4H3/t24-,27+,28+,29-,30-,34-,35+,36-/m1/s1. The molecule has 5 rings (SSSR count). The lowest BCUT2D eigenvalue weighted by Crippen LogP contribution is -2.61. The molecular weight excluding hydrogens is 542 g/mol. The minimum Gasteiger partial charge on any atom is -0.457 e. The Morgan fingerprint density at radius 1 is 1.05 bits per heavy atom. The van der Waals surface area contributed by atoms with Crippen molar-refractivity contribution in [3.05, 3.63) is 59.2 Å². The van der Waals surface area contributed by atoms with Crippen LogP contribution in [0.5, 0.6) is 0 Å². The minimum absolute atomic E-state index is 0.0236. The van der Waals surface area contributed by atoms with Crippen LogP contribution in [0.3, 0.4) is 0 Å². The zero-order valence-electron chi connectivity index (χ0n) is 26.4. The molecule has 1 aromatic carbocycles. The molecule has 4 aliphatic rings. The van der Waals surface area contributed by atoms with Gasteiger partial charge in [0.1, 0.15) is 17.2 Å². The molecule has 0 aliphatic heterocycles. The zero-order valence-corrected chi connectivity index (χ0v) is 26.4. The number of benzene rings is 1. The lowest BCUT2D eigenvalue weighted by atomic mass is 9.60. The van der Waals surface area contributed by atoms with E-state index in [4.69, 9.17) is 10.5 Å². The molecule has 0 spiro atoms. The zero-order chi connectivity index (χ0) is 31.2. The Bertz CT molecular complexity index is 1270. The molecule has 0 aromatic heterocycles. The number of nitrogens with two attached hydrogens (primary N) is 1. The third kappa shape index (κ3) is 5.34. The molecule has 0 unspecified atom stereocenters. The van der Waals surface area contributed by atoms with Crippen molar-refractivity contribution in [2.75, 3.05) is 6.61 Å².